The van der Waals surface area contributed by atoms with Crippen LogP contribution in [0.2, 0.25) is 10.0 Å². The van der Waals surface area contributed by atoms with E-state index >= 15 is 0 Å². The number of carboxylic acid groups (broad SMARTS) is 1. The Kier molecular flexibility index (Phi) is 11.8. The highest BCUT2D eigenvalue weighted by atomic mass is 35.5. The maximum Gasteiger partial charge on any atom is 0.335 e. The Morgan fingerprint density at radius 3 is 2.44 bits per heavy atom. The number of carbonyl (C=O) groups excluding carboxylic acids is 1. The molecule has 3 aromatic carbocycles. The first-order valence-electron chi connectivity index (χ1n) is 14.5. The molecule has 5 rings (SSSR count). The molecule has 2 aliphatic rings. The zero-order valence-electron chi connectivity index (χ0n) is 24.4. The zero-order valence-corrected chi connectivity index (χ0v) is 27.5. The van der Waals surface area contributed by atoms with Crippen molar-refractivity contribution in [2.75, 3.05) is 52.6 Å². The number of nitrogens with zero attached hydrogens (tertiary/aromatic N) is 2. The van der Waals surface area contributed by atoms with Gasteiger partial charge in [-0.3, -0.25) is 14.6 Å². The molecule has 1 N–H and O–H groups in total. The van der Waals surface area contributed by atoms with E-state index in [1.165, 1.54) is 23.9 Å². The quantitative estimate of drug-likeness (QED) is 0.115. The third-order valence-electron chi connectivity index (χ3n) is 7.29. The van der Waals surface area contributed by atoms with Gasteiger partial charge in [0.05, 0.1) is 36.9 Å². The number of rotatable bonds is 13. The molecular formula is C33H32Cl2N2O6S2. The summed E-state index contributed by atoms with van der Waals surface area (Å²) in [6, 6.07) is 17.4. The topological polar surface area (TPSA) is 88.5 Å². The van der Waals surface area contributed by atoms with Crippen LogP contribution in [0.3, 0.4) is 0 Å². The van der Waals surface area contributed by atoms with E-state index in [1.54, 1.807) is 29.2 Å². The van der Waals surface area contributed by atoms with E-state index in [0.717, 1.165) is 56.0 Å². The molecule has 0 spiro atoms. The number of thiocarbonyl (C=S) groups is 1. The van der Waals surface area contributed by atoms with Gasteiger partial charge >= 0.3 is 5.97 Å². The molecule has 0 aliphatic carbocycles. The first kappa shape index (κ1) is 33.2. The number of morpholine rings is 1. The fraction of sp³-hybridized carbons (Fsp3) is 0.303. The van der Waals surface area contributed by atoms with E-state index in [4.69, 9.17) is 54.7 Å². The molecule has 0 radical (unpaired) electrons. The smallest absolute Gasteiger partial charge is 0.335 e. The van der Waals surface area contributed by atoms with Crippen LogP contribution in [0.1, 0.15) is 28.8 Å². The fourth-order valence-electron chi connectivity index (χ4n) is 4.92. The second-order valence-corrected chi connectivity index (χ2v) is 12.9. The van der Waals surface area contributed by atoms with Crippen molar-refractivity contribution in [1.29, 1.82) is 0 Å². The Bertz CT molecular complexity index is 1580. The van der Waals surface area contributed by atoms with E-state index in [9.17, 15) is 9.59 Å². The number of thioether (sulfide) groups is 1. The molecule has 8 nitrogen and oxygen atoms in total. The monoisotopic (exact) mass is 686 g/mol. The number of ether oxygens (including phenoxy) is 3. The Balaban J connectivity index is 1.26. The van der Waals surface area contributed by atoms with Crippen LogP contribution in [-0.4, -0.2) is 83.7 Å². The van der Waals surface area contributed by atoms with Crippen LogP contribution in [0.4, 0.5) is 0 Å². The average Bonchev–Trinajstić information content (AvgIpc) is 3.30. The van der Waals surface area contributed by atoms with Gasteiger partial charge in [-0.15, -0.1) is 0 Å². The molecule has 2 fully saturated rings. The lowest BCUT2D eigenvalue weighted by molar-refractivity contribution is -0.122. The second kappa shape index (κ2) is 15.9. The fourth-order valence-corrected chi connectivity index (χ4v) is 6.74. The lowest BCUT2D eigenvalue weighted by Gasteiger charge is -2.26. The number of benzene rings is 3. The highest BCUT2D eigenvalue weighted by Gasteiger charge is 2.32. The predicted molar refractivity (Wildman–Crippen MR) is 183 cm³/mol. The zero-order chi connectivity index (χ0) is 31.8. The van der Waals surface area contributed by atoms with Gasteiger partial charge in [0.25, 0.3) is 5.91 Å². The van der Waals surface area contributed by atoms with Crippen LogP contribution in [0, 0.1) is 0 Å². The van der Waals surface area contributed by atoms with E-state index in [2.05, 4.69) is 4.90 Å². The number of carbonyl (C=O) groups is 2. The van der Waals surface area contributed by atoms with Gasteiger partial charge in [0.1, 0.15) is 15.8 Å². The van der Waals surface area contributed by atoms with Crippen molar-refractivity contribution in [3.8, 4) is 22.6 Å². The van der Waals surface area contributed by atoms with Crippen LogP contribution < -0.4 is 9.47 Å². The molecule has 0 aromatic heterocycles. The van der Waals surface area contributed by atoms with Gasteiger partial charge in [0.15, 0.2) is 0 Å². The number of aromatic carboxylic acids is 1. The van der Waals surface area contributed by atoms with Gasteiger partial charge in [0, 0.05) is 47.4 Å². The minimum Gasteiger partial charge on any atom is -0.494 e. The summed E-state index contributed by atoms with van der Waals surface area (Å²) in [6.45, 7) is 5.55. The van der Waals surface area contributed by atoms with Crippen LogP contribution >= 0.6 is 47.2 Å². The third kappa shape index (κ3) is 9.00. The molecule has 12 heteroatoms. The Labute approximate surface area is 281 Å². The normalized spacial score (nSPS) is 16.4. The molecule has 0 unspecified atom stereocenters. The number of halogens is 2. The summed E-state index contributed by atoms with van der Waals surface area (Å²) in [5.41, 5.74) is 2.63. The summed E-state index contributed by atoms with van der Waals surface area (Å²) in [7, 11) is 0. The van der Waals surface area contributed by atoms with Crippen molar-refractivity contribution in [3.63, 3.8) is 0 Å². The number of amides is 1. The van der Waals surface area contributed by atoms with Crippen molar-refractivity contribution in [3.05, 3.63) is 86.7 Å². The van der Waals surface area contributed by atoms with Crippen molar-refractivity contribution >= 4 is 69.5 Å². The maximum atomic E-state index is 13.4. The Morgan fingerprint density at radius 2 is 1.71 bits per heavy atom. The summed E-state index contributed by atoms with van der Waals surface area (Å²) in [5, 5.41) is 10.1. The molecule has 236 valence electrons. The highest BCUT2D eigenvalue weighted by Crippen LogP contribution is 2.37. The van der Waals surface area contributed by atoms with Gasteiger partial charge in [0.2, 0.25) is 0 Å². The molecule has 3 aromatic rings. The van der Waals surface area contributed by atoms with Crippen LogP contribution in [0.25, 0.3) is 17.2 Å². The molecule has 45 heavy (non-hydrogen) atoms. The van der Waals surface area contributed by atoms with Gasteiger partial charge < -0.3 is 19.3 Å². The Hall–Kier alpha value is -3.12. The standard InChI is InChI=1S/C33H32Cl2N2O6S2/c34-25-6-9-27(28(35)21-25)23-5-10-29(43-16-1-11-36-13-17-41-18-14-36)24(19-23)20-30-31(38)37(33(44)45-30)12-2-15-42-26-7-3-22(4-8-26)32(39)40/h3-10,19-21H,1-2,11-18H2,(H,39,40)/b30-20-. The van der Waals surface area contributed by atoms with Crippen LogP contribution in [-0.2, 0) is 9.53 Å². The highest BCUT2D eigenvalue weighted by molar-refractivity contribution is 8.26. The van der Waals surface area contributed by atoms with Gasteiger partial charge in [-0.2, -0.15) is 0 Å². The summed E-state index contributed by atoms with van der Waals surface area (Å²) < 4.78 is 17.9. The minimum absolute atomic E-state index is 0.177. The largest absolute Gasteiger partial charge is 0.494 e. The van der Waals surface area contributed by atoms with E-state index in [0.29, 0.717) is 56.9 Å². The predicted octanol–water partition coefficient (Wildman–Crippen LogP) is 7.13. The van der Waals surface area contributed by atoms with Crippen molar-refractivity contribution < 1.29 is 28.9 Å². The van der Waals surface area contributed by atoms with E-state index < -0.39 is 5.97 Å². The third-order valence-corrected chi connectivity index (χ3v) is 9.21. The Morgan fingerprint density at radius 1 is 0.978 bits per heavy atom. The second-order valence-electron chi connectivity index (χ2n) is 10.4. The summed E-state index contributed by atoms with van der Waals surface area (Å²) >= 11 is 19.5. The number of hydrogen-bond acceptors (Lipinski definition) is 8. The molecule has 2 aliphatic heterocycles. The van der Waals surface area contributed by atoms with Gasteiger partial charge in [-0.05, 0) is 73.0 Å². The molecular weight excluding hydrogens is 655 g/mol. The minimum atomic E-state index is -0.994. The average molecular weight is 688 g/mol. The number of carboxylic acids is 1. The summed E-state index contributed by atoms with van der Waals surface area (Å²) in [6.07, 6.45) is 3.23. The van der Waals surface area contributed by atoms with Crippen LogP contribution in [0.5, 0.6) is 11.5 Å². The van der Waals surface area contributed by atoms with Gasteiger partial charge in [-0.1, -0.05) is 59.3 Å². The van der Waals surface area contributed by atoms with E-state index in [1.807, 2.05) is 30.3 Å². The summed E-state index contributed by atoms with van der Waals surface area (Å²) in [4.78, 5) is 28.9. The molecule has 0 bridgehead atoms. The molecule has 2 saturated heterocycles. The van der Waals surface area contributed by atoms with Crippen molar-refractivity contribution in [1.82, 2.24) is 9.80 Å². The first-order valence-corrected chi connectivity index (χ1v) is 16.5. The van der Waals surface area contributed by atoms with Crippen molar-refractivity contribution in [2.45, 2.75) is 12.8 Å². The molecule has 0 saturated carbocycles. The number of hydrogen-bond donors (Lipinski definition) is 1. The molecule has 0 atom stereocenters. The summed E-state index contributed by atoms with van der Waals surface area (Å²) in [5.74, 6) is 0.0535. The molecule has 1 amide bonds. The van der Waals surface area contributed by atoms with Gasteiger partial charge in [-0.25, -0.2) is 4.79 Å². The lowest BCUT2D eigenvalue weighted by atomic mass is 10.0. The van der Waals surface area contributed by atoms with Crippen molar-refractivity contribution in [2.24, 2.45) is 0 Å². The first-order chi connectivity index (χ1) is 21.8. The van der Waals surface area contributed by atoms with Crippen LogP contribution in [0.15, 0.2) is 65.6 Å². The molecule has 2 heterocycles. The maximum absolute atomic E-state index is 13.4. The SMILES string of the molecule is O=C(O)c1ccc(OCCCN2C(=O)/C(=C/c3cc(-c4ccc(Cl)cc4Cl)ccc3OCCCN3CCOCC3)SC2=S)cc1. The van der Waals surface area contributed by atoms with E-state index in [-0.39, 0.29) is 11.5 Å². The lowest BCUT2D eigenvalue weighted by Crippen LogP contribution is -2.37.